The average Bonchev–Trinajstić information content (AvgIpc) is 3.18. The normalized spacial score (nSPS) is 11.7. The second-order valence-corrected chi connectivity index (χ2v) is 23.4. The Morgan fingerprint density at radius 3 is 1.84 bits per heavy atom. The number of rotatable bonds is 11. The zero-order chi connectivity index (χ0) is 57.0. The Kier molecular flexibility index (Phi) is 14.8. The summed E-state index contributed by atoms with van der Waals surface area (Å²) in [4.78, 5) is 23.9. The van der Waals surface area contributed by atoms with E-state index in [9.17, 15) is 10.5 Å². The molecular weight excluding hydrogens is 1200 g/mol. The molecule has 0 fully saturated rings. The maximum absolute atomic E-state index is 10.9. The van der Waals surface area contributed by atoms with Crippen LogP contribution in [0.1, 0.15) is 97.8 Å². The molecule has 0 aliphatic heterocycles. The summed E-state index contributed by atoms with van der Waals surface area (Å²) < 4.78 is 4.18. The van der Waals surface area contributed by atoms with Gasteiger partial charge in [0.1, 0.15) is 5.69 Å². The van der Waals surface area contributed by atoms with Crippen LogP contribution in [0, 0.1) is 61.3 Å². The predicted octanol–water partition coefficient (Wildman–Crippen LogP) is 16.9. The zero-order valence-electron chi connectivity index (χ0n) is 47.7. The van der Waals surface area contributed by atoms with Crippen molar-refractivity contribution in [3.63, 3.8) is 0 Å². The number of imidazole rings is 2. The van der Waals surface area contributed by atoms with Crippen LogP contribution >= 0.6 is 0 Å². The summed E-state index contributed by atoms with van der Waals surface area (Å²) in [5.74, 6) is 0.837. The van der Waals surface area contributed by atoms with Crippen LogP contribution in [-0.2, 0) is 56.6 Å². The summed E-state index contributed by atoms with van der Waals surface area (Å²) >= 11 is 0. The van der Waals surface area contributed by atoms with E-state index in [1.54, 1.807) is 0 Å². The Labute approximate surface area is 498 Å². The van der Waals surface area contributed by atoms with Gasteiger partial charge in [-0.1, -0.05) is 191 Å². The van der Waals surface area contributed by atoms with Gasteiger partial charge in [-0.2, -0.15) is 16.6 Å². The van der Waals surface area contributed by atoms with Gasteiger partial charge in [-0.25, -0.2) is 0 Å². The first-order valence-corrected chi connectivity index (χ1v) is 27.7. The van der Waals surface area contributed by atoms with Crippen molar-refractivity contribution in [1.29, 1.82) is 10.5 Å². The van der Waals surface area contributed by atoms with E-state index >= 15 is 0 Å². The Hall–Kier alpha value is -9.36. The van der Waals surface area contributed by atoms with Crippen LogP contribution in [0.4, 0.5) is 5.69 Å². The summed E-state index contributed by atoms with van der Waals surface area (Å²) in [6.07, 6.45) is 8.30. The smallest absolute Gasteiger partial charge is 0.343 e. The summed E-state index contributed by atoms with van der Waals surface area (Å²) in [5.41, 5.74) is 19.6. The molecule has 0 saturated heterocycles. The Morgan fingerprint density at radius 1 is 0.566 bits per heavy atom. The number of benzene rings is 7. The molecule has 7 aromatic carbocycles. The quantitative estimate of drug-likeness (QED) is 0.119. The number of aromatic nitrogens is 6. The molecule has 5 heterocycles. The molecule has 0 aliphatic carbocycles. The van der Waals surface area contributed by atoms with Crippen LogP contribution in [-0.4, -0.2) is 28.7 Å². The van der Waals surface area contributed by atoms with Gasteiger partial charge < -0.3 is 13.8 Å². The number of nitriles is 2. The SMILES string of the molecule is [C-]#[N+]c1c(CCc2cc(CCc3c[c-]c4c(cc(C(C)(C)C)n5cc(C)nc45)c3C#N)cc(-c3ccccc3-c3c[c-]c(-c4cc(-c5ccc(-c6ccccc6)cc5)ccn4)cc3C#N)c2)c[c-]c2c1nc(C(C)(C)C)n1cc(C)nc21.[Ir+3]. The average molecular weight is 1250 g/mol. The standard InChI is InChI=1S/C73H58N9.Ir/c1-45-43-81-66(72(3,4)5)40-63-61(69(81)78-45)31-27-52(64(63)42-75)21-19-47-35-48(20-22-53-28-32-62-68(67(53)76-9)80-71(73(6,7)8)82-44-46(2)79-70(62)82)37-56(36-47)58-17-13-14-18-60(58)59-30-29-55(38-57(59)41-74)65-39-54(33-34-77-65)51-25-23-50(24-26-51)49-15-11-10-12-16-49;/h10-18,23-28,30,33-40,43-44H,19-22H2,1-8H3;/q-3;+3. The number of nitrogens with zero attached hydrogens (tertiary/aromatic N) is 9. The fourth-order valence-corrected chi connectivity index (χ4v) is 11.5. The van der Waals surface area contributed by atoms with Crippen molar-refractivity contribution < 1.29 is 20.1 Å². The van der Waals surface area contributed by atoms with Crippen LogP contribution in [0.2, 0.25) is 0 Å². The summed E-state index contributed by atoms with van der Waals surface area (Å²) in [6.45, 7) is 25.4. The minimum absolute atomic E-state index is 0. The topological polar surface area (TPSA) is 112 Å². The number of aryl methyl sites for hydroxylation is 6. The van der Waals surface area contributed by atoms with Gasteiger partial charge in [0.25, 0.3) is 0 Å². The third-order valence-corrected chi connectivity index (χ3v) is 15.5. The molecule has 0 atom stereocenters. The van der Waals surface area contributed by atoms with E-state index in [4.69, 9.17) is 26.5 Å². The number of hydrogen-bond donors (Lipinski definition) is 0. The second-order valence-electron chi connectivity index (χ2n) is 23.4. The second kappa shape index (κ2) is 22.2. The third kappa shape index (κ3) is 10.6. The number of pyridine rings is 2. The maximum atomic E-state index is 10.9. The molecule has 0 amide bonds. The number of fused-ring (bicyclic) bond motifs is 6. The van der Waals surface area contributed by atoms with Crippen molar-refractivity contribution >= 4 is 38.7 Å². The van der Waals surface area contributed by atoms with E-state index in [0.717, 1.165) is 128 Å². The van der Waals surface area contributed by atoms with Crippen LogP contribution in [0.25, 0.3) is 93.6 Å². The third-order valence-electron chi connectivity index (χ3n) is 15.5. The molecule has 10 heteroatoms. The first-order valence-electron chi connectivity index (χ1n) is 27.7. The molecule has 0 saturated carbocycles. The van der Waals surface area contributed by atoms with E-state index in [-0.39, 0.29) is 30.9 Å². The van der Waals surface area contributed by atoms with Crippen molar-refractivity contribution in [1.82, 2.24) is 28.7 Å². The predicted molar refractivity (Wildman–Crippen MR) is 328 cm³/mol. The van der Waals surface area contributed by atoms with E-state index in [2.05, 4.69) is 166 Å². The van der Waals surface area contributed by atoms with Gasteiger partial charge >= 0.3 is 20.1 Å². The molecule has 0 radical (unpaired) electrons. The van der Waals surface area contributed by atoms with Gasteiger partial charge in [0.05, 0.1) is 35.8 Å². The van der Waals surface area contributed by atoms with Gasteiger partial charge in [0.2, 0.25) is 0 Å². The molecule has 5 aromatic heterocycles. The molecule has 9 nitrogen and oxygen atoms in total. The van der Waals surface area contributed by atoms with E-state index < -0.39 is 0 Å². The van der Waals surface area contributed by atoms with Gasteiger partial charge in [-0.15, -0.1) is 53.1 Å². The largest absolute Gasteiger partial charge is 3.00 e. The number of hydrogen-bond acceptors (Lipinski definition) is 6. The Balaban J connectivity index is 0.00000721. The minimum atomic E-state index is -0.309. The maximum Gasteiger partial charge on any atom is 3.00 e. The molecule has 404 valence electrons. The van der Waals surface area contributed by atoms with Crippen molar-refractivity contribution in [2.75, 3.05) is 0 Å². The van der Waals surface area contributed by atoms with Gasteiger partial charge in [0, 0.05) is 46.5 Å². The van der Waals surface area contributed by atoms with E-state index in [0.29, 0.717) is 48.0 Å². The summed E-state index contributed by atoms with van der Waals surface area (Å²) in [7, 11) is 0. The van der Waals surface area contributed by atoms with E-state index in [1.807, 2.05) is 91.3 Å². The molecule has 0 aliphatic rings. The zero-order valence-corrected chi connectivity index (χ0v) is 50.1. The van der Waals surface area contributed by atoms with Crippen molar-refractivity contribution in [2.24, 2.45) is 0 Å². The monoisotopic (exact) mass is 1250 g/mol. The first-order chi connectivity index (χ1) is 39.6. The Morgan fingerprint density at radius 2 is 1.18 bits per heavy atom. The van der Waals surface area contributed by atoms with Gasteiger partial charge in [0.15, 0.2) is 0 Å². The van der Waals surface area contributed by atoms with Crippen LogP contribution in [0.3, 0.4) is 0 Å². The van der Waals surface area contributed by atoms with Crippen LogP contribution in [0.5, 0.6) is 0 Å². The summed E-state index contributed by atoms with van der Waals surface area (Å²) in [5, 5.41) is 24.2. The van der Waals surface area contributed by atoms with Crippen LogP contribution in [0.15, 0.2) is 158 Å². The fourth-order valence-electron chi connectivity index (χ4n) is 11.5. The molecule has 12 aromatic rings. The van der Waals surface area contributed by atoms with Gasteiger partial charge in [-0.3, -0.25) is 19.8 Å². The molecule has 83 heavy (non-hydrogen) atoms. The van der Waals surface area contributed by atoms with Gasteiger partial charge in [-0.05, 0) is 99.6 Å². The van der Waals surface area contributed by atoms with E-state index in [1.165, 1.54) is 0 Å². The Bertz CT molecular complexity index is 4470. The van der Waals surface area contributed by atoms with Crippen molar-refractivity contribution in [3.8, 4) is 67.9 Å². The van der Waals surface area contributed by atoms with Crippen molar-refractivity contribution in [2.45, 2.75) is 91.9 Å². The fraction of sp³-hybridized carbons (Fsp3) is 0.192. The van der Waals surface area contributed by atoms with Crippen molar-refractivity contribution in [3.05, 3.63) is 244 Å². The van der Waals surface area contributed by atoms with Crippen LogP contribution < -0.4 is 0 Å². The molecule has 0 bridgehead atoms. The summed E-state index contributed by atoms with van der Waals surface area (Å²) in [6, 6.07) is 63.5. The molecule has 0 spiro atoms. The first kappa shape index (κ1) is 55.5. The molecule has 12 rings (SSSR count). The molecule has 0 N–H and O–H groups in total. The molecular formula is C73H58IrN9. The molecule has 0 unspecified atom stereocenters. The minimum Gasteiger partial charge on any atom is -0.343 e.